The molecule has 1 amide bonds. The quantitative estimate of drug-likeness (QED) is 0.487. The molecule has 0 spiro atoms. The van der Waals surface area contributed by atoms with Gasteiger partial charge in [0.25, 0.3) is 5.91 Å². The summed E-state index contributed by atoms with van der Waals surface area (Å²) in [7, 11) is 0. The second-order valence-electron chi connectivity index (χ2n) is 2.54. The van der Waals surface area contributed by atoms with Gasteiger partial charge in [-0.1, -0.05) is 0 Å². The number of rotatable bonds is 7. The summed E-state index contributed by atoms with van der Waals surface area (Å²) in [6.07, 6.45) is 2.44. The summed E-state index contributed by atoms with van der Waals surface area (Å²) in [4.78, 5) is 25.5. The zero-order valence-corrected chi connectivity index (χ0v) is 8.67. The van der Waals surface area contributed by atoms with E-state index in [0.717, 1.165) is 5.75 Å². The first-order valence-corrected chi connectivity index (χ1v) is 5.35. The van der Waals surface area contributed by atoms with Crippen molar-refractivity contribution in [3.05, 3.63) is 0 Å². The highest BCUT2D eigenvalue weighted by Gasteiger charge is 2.12. The van der Waals surface area contributed by atoms with Crippen LogP contribution in [0.1, 0.15) is 6.42 Å². The average Bonchev–Trinajstić information content (AvgIpc) is 2.13. The van der Waals surface area contributed by atoms with Gasteiger partial charge in [0.1, 0.15) is 0 Å². The minimum absolute atomic E-state index is 0.500. The molecule has 0 radical (unpaired) electrons. The molecule has 0 aromatic rings. The number of aliphatic carboxylic acids is 1. The molecule has 0 aliphatic carbocycles. The zero-order chi connectivity index (χ0) is 11.0. The lowest BCUT2D eigenvalue weighted by molar-refractivity contribution is -0.149. The van der Waals surface area contributed by atoms with Crippen molar-refractivity contribution < 1.29 is 19.5 Å². The molecule has 0 aromatic carbocycles. The van der Waals surface area contributed by atoms with Gasteiger partial charge in [-0.3, -0.25) is 9.63 Å². The van der Waals surface area contributed by atoms with Crippen LogP contribution in [0.5, 0.6) is 0 Å². The third-order valence-electron chi connectivity index (χ3n) is 1.34. The van der Waals surface area contributed by atoms with Crippen LogP contribution in [0.25, 0.3) is 0 Å². The number of hydrogen-bond acceptors (Lipinski definition) is 5. The van der Waals surface area contributed by atoms with Crippen LogP contribution in [-0.4, -0.2) is 41.6 Å². The maximum atomic E-state index is 11.1. The third-order valence-corrected chi connectivity index (χ3v) is 1.98. The number of carbonyl (C=O) groups is 2. The van der Waals surface area contributed by atoms with Crippen molar-refractivity contribution in [2.75, 3.05) is 18.6 Å². The van der Waals surface area contributed by atoms with Crippen molar-refractivity contribution >= 4 is 23.6 Å². The number of nitrogens with one attached hydrogen (secondary N) is 1. The molecule has 0 heterocycles. The Kier molecular flexibility index (Phi) is 7.17. The van der Waals surface area contributed by atoms with E-state index in [1.807, 2.05) is 11.7 Å². The van der Waals surface area contributed by atoms with Crippen molar-refractivity contribution in [3.8, 4) is 0 Å². The zero-order valence-electron chi connectivity index (χ0n) is 7.86. The van der Waals surface area contributed by atoms with E-state index in [4.69, 9.17) is 10.8 Å². The molecule has 7 heteroatoms. The molecule has 4 N–H and O–H groups in total. The van der Waals surface area contributed by atoms with Crippen LogP contribution in [0, 0.1) is 0 Å². The summed E-state index contributed by atoms with van der Waals surface area (Å²) in [5.74, 6) is -0.878. The predicted octanol–water partition coefficient (Wildman–Crippen LogP) is -0.801. The Balaban J connectivity index is 3.56. The van der Waals surface area contributed by atoms with Gasteiger partial charge < -0.3 is 10.8 Å². The Morgan fingerprint density at radius 1 is 1.64 bits per heavy atom. The highest BCUT2D eigenvalue weighted by molar-refractivity contribution is 7.98. The molecule has 0 aliphatic rings. The van der Waals surface area contributed by atoms with Gasteiger partial charge in [-0.25, -0.2) is 10.3 Å². The Hall–Kier alpha value is -0.790. The molecule has 82 valence electrons. The molecule has 6 nitrogen and oxygen atoms in total. The fraction of sp³-hybridized carbons (Fsp3) is 0.714. The minimum atomic E-state index is -1.15. The molecule has 0 aliphatic heterocycles. The largest absolute Gasteiger partial charge is 0.479 e. The molecular formula is C7H14N2O4S. The van der Waals surface area contributed by atoms with E-state index < -0.39 is 24.5 Å². The molecule has 0 bridgehead atoms. The van der Waals surface area contributed by atoms with Crippen molar-refractivity contribution in [3.63, 3.8) is 0 Å². The maximum Gasteiger partial charge on any atom is 0.332 e. The number of hydroxylamine groups is 1. The predicted molar refractivity (Wildman–Crippen MR) is 52.7 cm³/mol. The Bertz CT molecular complexity index is 200. The van der Waals surface area contributed by atoms with Crippen LogP contribution >= 0.6 is 11.8 Å². The van der Waals surface area contributed by atoms with Gasteiger partial charge in [-0.15, -0.1) is 0 Å². The van der Waals surface area contributed by atoms with Crippen LogP contribution in [0.4, 0.5) is 0 Å². The van der Waals surface area contributed by atoms with E-state index in [9.17, 15) is 9.59 Å². The van der Waals surface area contributed by atoms with E-state index in [2.05, 4.69) is 4.84 Å². The Labute approximate surface area is 86.1 Å². The first-order chi connectivity index (χ1) is 6.57. The fourth-order valence-corrected chi connectivity index (χ4v) is 1.11. The van der Waals surface area contributed by atoms with E-state index in [-0.39, 0.29) is 0 Å². The molecule has 1 atom stereocenters. The molecular weight excluding hydrogens is 208 g/mol. The van der Waals surface area contributed by atoms with E-state index in [0.29, 0.717) is 6.42 Å². The van der Waals surface area contributed by atoms with Crippen LogP contribution in [-0.2, 0) is 14.4 Å². The molecule has 0 unspecified atom stereocenters. The summed E-state index contributed by atoms with van der Waals surface area (Å²) in [6.45, 7) is -0.568. The smallest absolute Gasteiger partial charge is 0.332 e. The Morgan fingerprint density at radius 3 is 2.79 bits per heavy atom. The standard InChI is InChI=1S/C7H14N2O4S/c1-14-3-2-5(8)7(12)9-13-4-6(10)11/h5H,2-4,8H2,1H3,(H,9,12)(H,10,11)/t5-/m0/s1. The third kappa shape index (κ3) is 6.70. The van der Waals surface area contributed by atoms with Crippen LogP contribution < -0.4 is 11.2 Å². The average molecular weight is 222 g/mol. The van der Waals surface area contributed by atoms with E-state index in [1.165, 1.54) is 0 Å². The number of carboxylic acids is 1. The summed E-state index contributed by atoms with van der Waals surface area (Å²) >= 11 is 1.58. The van der Waals surface area contributed by atoms with Crippen molar-refractivity contribution in [2.45, 2.75) is 12.5 Å². The van der Waals surface area contributed by atoms with Crippen molar-refractivity contribution in [1.29, 1.82) is 0 Å². The van der Waals surface area contributed by atoms with Gasteiger partial charge in [0, 0.05) is 0 Å². The summed E-state index contributed by atoms with van der Waals surface area (Å²) < 4.78 is 0. The number of nitrogens with two attached hydrogens (primary N) is 1. The number of amides is 1. The molecule has 0 rings (SSSR count). The van der Waals surface area contributed by atoms with Crippen molar-refractivity contribution in [1.82, 2.24) is 5.48 Å². The Morgan fingerprint density at radius 2 is 2.29 bits per heavy atom. The molecule has 0 fully saturated rings. The second-order valence-corrected chi connectivity index (χ2v) is 3.52. The lowest BCUT2D eigenvalue weighted by Crippen LogP contribution is -2.41. The summed E-state index contributed by atoms with van der Waals surface area (Å²) in [6, 6.07) is -0.656. The molecule has 0 aromatic heterocycles. The lowest BCUT2D eigenvalue weighted by atomic mass is 10.2. The van der Waals surface area contributed by atoms with Crippen LogP contribution in [0.3, 0.4) is 0 Å². The van der Waals surface area contributed by atoms with E-state index >= 15 is 0 Å². The van der Waals surface area contributed by atoms with Crippen LogP contribution in [0.2, 0.25) is 0 Å². The molecule has 0 saturated carbocycles. The summed E-state index contributed by atoms with van der Waals surface area (Å²) in [5, 5.41) is 8.20. The van der Waals surface area contributed by atoms with Gasteiger partial charge in [-0.05, 0) is 18.4 Å². The fourth-order valence-electron chi connectivity index (χ4n) is 0.621. The molecule has 0 saturated heterocycles. The normalized spacial score (nSPS) is 12.1. The first kappa shape index (κ1) is 13.2. The number of carboxylic acid groups (broad SMARTS) is 1. The van der Waals surface area contributed by atoms with Crippen LogP contribution in [0.15, 0.2) is 0 Å². The van der Waals surface area contributed by atoms with Gasteiger partial charge in [0.2, 0.25) is 0 Å². The van der Waals surface area contributed by atoms with Gasteiger partial charge >= 0.3 is 5.97 Å². The molecule has 14 heavy (non-hydrogen) atoms. The van der Waals surface area contributed by atoms with E-state index in [1.54, 1.807) is 11.8 Å². The monoisotopic (exact) mass is 222 g/mol. The maximum absolute atomic E-state index is 11.1. The highest BCUT2D eigenvalue weighted by Crippen LogP contribution is 1.98. The van der Waals surface area contributed by atoms with Gasteiger partial charge in [0.15, 0.2) is 6.61 Å². The van der Waals surface area contributed by atoms with Gasteiger partial charge in [-0.2, -0.15) is 11.8 Å². The first-order valence-electron chi connectivity index (χ1n) is 3.96. The van der Waals surface area contributed by atoms with Crippen molar-refractivity contribution in [2.24, 2.45) is 5.73 Å². The number of hydrogen-bond donors (Lipinski definition) is 3. The lowest BCUT2D eigenvalue weighted by Gasteiger charge is -2.10. The van der Waals surface area contributed by atoms with Gasteiger partial charge in [0.05, 0.1) is 6.04 Å². The number of carbonyl (C=O) groups excluding carboxylic acids is 1. The topological polar surface area (TPSA) is 102 Å². The SMILES string of the molecule is CSCC[C@H](N)C(=O)NOCC(=O)O. The summed E-state index contributed by atoms with van der Waals surface area (Å²) in [5.41, 5.74) is 7.44. The minimum Gasteiger partial charge on any atom is -0.479 e. The second kappa shape index (κ2) is 7.60. The number of thioether (sulfide) groups is 1. The highest BCUT2D eigenvalue weighted by atomic mass is 32.2.